The number of piperazine rings is 1. The number of para-hydroxylation sites is 2. The topological polar surface area (TPSA) is 48.0 Å². The second kappa shape index (κ2) is 6.38. The van der Waals surface area contributed by atoms with Crippen molar-refractivity contribution >= 4 is 16.9 Å². The highest BCUT2D eigenvalue weighted by atomic mass is 15.3. The molecule has 1 fully saturated rings. The van der Waals surface area contributed by atoms with Gasteiger partial charge in [0, 0.05) is 45.3 Å². The molecule has 23 heavy (non-hydrogen) atoms. The normalized spacial score (nSPS) is 16.1. The van der Waals surface area contributed by atoms with Gasteiger partial charge < -0.3 is 9.88 Å². The van der Waals surface area contributed by atoms with Crippen LogP contribution in [0.3, 0.4) is 0 Å². The molecule has 2 aromatic heterocycles. The number of anilines is 1. The van der Waals surface area contributed by atoms with E-state index in [0.717, 1.165) is 61.8 Å². The van der Waals surface area contributed by atoms with Crippen molar-refractivity contribution in [2.24, 2.45) is 0 Å². The molecule has 1 aromatic carbocycles. The maximum Gasteiger partial charge on any atom is 0.128 e. The Bertz CT molecular complexity index is 726. The van der Waals surface area contributed by atoms with Gasteiger partial charge in [-0.2, -0.15) is 0 Å². The van der Waals surface area contributed by atoms with Crippen molar-refractivity contribution in [3.8, 4) is 0 Å². The van der Waals surface area contributed by atoms with E-state index in [4.69, 9.17) is 0 Å². The summed E-state index contributed by atoms with van der Waals surface area (Å²) < 4.78 is 0. The van der Waals surface area contributed by atoms with Gasteiger partial charge in [-0.1, -0.05) is 18.2 Å². The van der Waals surface area contributed by atoms with E-state index < -0.39 is 0 Å². The van der Waals surface area contributed by atoms with Crippen LogP contribution in [0.4, 0.5) is 5.82 Å². The highest BCUT2D eigenvalue weighted by Crippen LogP contribution is 2.14. The number of fused-ring (bicyclic) bond motifs is 1. The van der Waals surface area contributed by atoms with Crippen molar-refractivity contribution in [2.45, 2.75) is 6.42 Å². The molecule has 3 heterocycles. The van der Waals surface area contributed by atoms with Crippen LogP contribution < -0.4 is 4.90 Å². The Morgan fingerprint density at radius 3 is 2.57 bits per heavy atom. The molecule has 118 valence electrons. The van der Waals surface area contributed by atoms with Gasteiger partial charge in [0.05, 0.1) is 11.0 Å². The monoisotopic (exact) mass is 307 g/mol. The molecule has 1 saturated heterocycles. The maximum atomic E-state index is 4.66. The quantitative estimate of drug-likeness (QED) is 0.803. The first-order valence-electron chi connectivity index (χ1n) is 8.20. The number of benzene rings is 1. The van der Waals surface area contributed by atoms with Gasteiger partial charge in [-0.05, 0) is 24.3 Å². The summed E-state index contributed by atoms with van der Waals surface area (Å²) in [6, 6.07) is 14.3. The van der Waals surface area contributed by atoms with Crippen LogP contribution in [0.15, 0.2) is 48.7 Å². The summed E-state index contributed by atoms with van der Waals surface area (Å²) in [5.41, 5.74) is 2.19. The molecule has 0 unspecified atom stereocenters. The van der Waals surface area contributed by atoms with Crippen molar-refractivity contribution < 1.29 is 0 Å². The zero-order valence-electron chi connectivity index (χ0n) is 13.2. The van der Waals surface area contributed by atoms with Crippen LogP contribution in [0.2, 0.25) is 0 Å². The molecule has 0 atom stereocenters. The second-order valence-corrected chi connectivity index (χ2v) is 5.97. The van der Waals surface area contributed by atoms with Gasteiger partial charge in [0.15, 0.2) is 0 Å². The highest BCUT2D eigenvalue weighted by Gasteiger charge is 2.17. The van der Waals surface area contributed by atoms with Gasteiger partial charge in [-0.3, -0.25) is 4.90 Å². The van der Waals surface area contributed by atoms with Gasteiger partial charge in [0.2, 0.25) is 0 Å². The maximum absolute atomic E-state index is 4.66. The van der Waals surface area contributed by atoms with Crippen molar-refractivity contribution in [2.75, 3.05) is 37.6 Å². The van der Waals surface area contributed by atoms with E-state index in [-0.39, 0.29) is 0 Å². The Kier molecular flexibility index (Phi) is 3.94. The summed E-state index contributed by atoms with van der Waals surface area (Å²) >= 11 is 0. The predicted octanol–water partition coefficient (Wildman–Crippen LogP) is 2.32. The van der Waals surface area contributed by atoms with Crippen molar-refractivity contribution in [1.29, 1.82) is 0 Å². The molecule has 0 aliphatic carbocycles. The average molecular weight is 307 g/mol. The lowest BCUT2D eigenvalue weighted by molar-refractivity contribution is 0.259. The van der Waals surface area contributed by atoms with Crippen LogP contribution in [-0.4, -0.2) is 52.6 Å². The van der Waals surface area contributed by atoms with E-state index in [9.17, 15) is 0 Å². The van der Waals surface area contributed by atoms with E-state index in [1.54, 1.807) is 0 Å². The molecule has 1 N–H and O–H groups in total. The van der Waals surface area contributed by atoms with Crippen LogP contribution in [0.25, 0.3) is 11.0 Å². The molecule has 1 aliphatic rings. The molecule has 3 aromatic rings. The third-order valence-electron chi connectivity index (χ3n) is 4.45. The predicted molar refractivity (Wildman–Crippen MR) is 92.7 cm³/mol. The van der Waals surface area contributed by atoms with E-state index >= 15 is 0 Å². The third-order valence-corrected chi connectivity index (χ3v) is 4.45. The fourth-order valence-electron chi connectivity index (χ4n) is 3.13. The number of hydrogen-bond acceptors (Lipinski definition) is 4. The van der Waals surface area contributed by atoms with Crippen molar-refractivity contribution in [3.05, 3.63) is 54.5 Å². The van der Waals surface area contributed by atoms with E-state index in [1.165, 1.54) is 0 Å². The summed E-state index contributed by atoms with van der Waals surface area (Å²) in [5.74, 6) is 2.17. The number of aromatic amines is 1. The molecule has 4 rings (SSSR count). The number of nitrogens with zero attached hydrogens (tertiary/aromatic N) is 4. The van der Waals surface area contributed by atoms with Gasteiger partial charge in [-0.25, -0.2) is 9.97 Å². The van der Waals surface area contributed by atoms with Gasteiger partial charge in [0.25, 0.3) is 0 Å². The lowest BCUT2D eigenvalue weighted by Gasteiger charge is -2.35. The number of pyridine rings is 1. The molecule has 0 radical (unpaired) electrons. The van der Waals surface area contributed by atoms with Crippen molar-refractivity contribution in [1.82, 2.24) is 19.9 Å². The van der Waals surface area contributed by atoms with E-state index in [2.05, 4.69) is 49.0 Å². The third kappa shape index (κ3) is 3.19. The minimum atomic E-state index is 0.971. The summed E-state index contributed by atoms with van der Waals surface area (Å²) in [6.45, 7) is 5.29. The smallest absolute Gasteiger partial charge is 0.128 e. The fraction of sp³-hybridized carbons (Fsp3) is 0.333. The van der Waals surface area contributed by atoms with Gasteiger partial charge >= 0.3 is 0 Å². The highest BCUT2D eigenvalue weighted by molar-refractivity contribution is 5.74. The van der Waals surface area contributed by atoms with Crippen LogP contribution in [0.1, 0.15) is 5.82 Å². The zero-order chi connectivity index (χ0) is 15.5. The minimum absolute atomic E-state index is 0.971. The van der Waals surface area contributed by atoms with Crippen LogP contribution in [-0.2, 0) is 6.42 Å². The molecule has 0 amide bonds. The number of rotatable bonds is 4. The first-order valence-corrected chi connectivity index (χ1v) is 8.20. The number of aromatic nitrogens is 3. The lowest BCUT2D eigenvalue weighted by atomic mass is 10.2. The lowest BCUT2D eigenvalue weighted by Crippen LogP contribution is -2.47. The molecule has 5 nitrogen and oxygen atoms in total. The Hall–Kier alpha value is -2.40. The minimum Gasteiger partial charge on any atom is -0.354 e. The molecule has 5 heteroatoms. The Morgan fingerprint density at radius 2 is 1.78 bits per heavy atom. The molecule has 0 saturated carbocycles. The fourth-order valence-corrected chi connectivity index (χ4v) is 3.13. The SMILES string of the molecule is c1ccc(N2CCN(CCc3nc4ccccc4[nH]3)CC2)nc1. The summed E-state index contributed by atoms with van der Waals surface area (Å²) in [4.78, 5) is 17.4. The first-order chi connectivity index (χ1) is 11.4. The second-order valence-electron chi connectivity index (χ2n) is 5.97. The molecular formula is C18H21N5. The van der Waals surface area contributed by atoms with Crippen LogP contribution >= 0.6 is 0 Å². The average Bonchev–Trinajstić information content (AvgIpc) is 3.04. The van der Waals surface area contributed by atoms with Gasteiger partial charge in [-0.15, -0.1) is 0 Å². The largest absolute Gasteiger partial charge is 0.354 e. The standard InChI is InChI=1S/C18H21N5/c1-2-6-16-15(5-1)20-17(21-16)8-10-22-11-13-23(14-12-22)18-7-3-4-9-19-18/h1-7,9H,8,10-14H2,(H,20,21). The Labute approximate surface area is 136 Å². The summed E-state index contributed by atoms with van der Waals surface area (Å²) in [5, 5.41) is 0. The number of hydrogen-bond donors (Lipinski definition) is 1. The van der Waals surface area contributed by atoms with Gasteiger partial charge in [0.1, 0.15) is 11.6 Å². The number of nitrogens with one attached hydrogen (secondary N) is 1. The Balaban J connectivity index is 1.31. The number of imidazole rings is 1. The molecular weight excluding hydrogens is 286 g/mol. The molecule has 0 bridgehead atoms. The zero-order valence-corrected chi connectivity index (χ0v) is 13.2. The first kappa shape index (κ1) is 14.2. The summed E-state index contributed by atoms with van der Waals surface area (Å²) in [6.07, 6.45) is 2.83. The van der Waals surface area contributed by atoms with E-state index in [1.807, 2.05) is 24.4 Å². The molecule has 1 aliphatic heterocycles. The Morgan fingerprint density at radius 1 is 0.957 bits per heavy atom. The molecule has 0 spiro atoms. The van der Waals surface area contributed by atoms with Crippen LogP contribution in [0.5, 0.6) is 0 Å². The van der Waals surface area contributed by atoms with Crippen LogP contribution in [0, 0.1) is 0 Å². The van der Waals surface area contributed by atoms with E-state index in [0.29, 0.717) is 0 Å². The summed E-state index contributed by atoms with van der Waals surface area (Å²) in [7, 11) is 0. The number of H-pyrrole nitrogens is 1. The van der Waals surface area contributed by atoms with Crippen molar-refractivity contribution in [3.63, 3.8) is 0 Å².